The SMILES string of the molecule is NCC#Cc1ccc(F)cc1OCCC1CCCO1. The highest BCUT2D eigenvalue weighted by molar-refractivity contribution is 5.46. The van der Waals surface area contributed by atoms with Gasteiger partial charge in [0, 0.05) is 19.1 Å². The molecule has 1 aliphatic heterocycles. The van der Waals surface area contributed by atoms with Crippen LogP contribution in [0.5, 0.6) is 5.75 Å². The summed E-state index contributed by atoms with van der Waals surface area (Å²) in [5, 5.41) is 0. The minimum Gasteiger partial charge on any atom is -0.492 e. The Kier molecular flexibility index (Phi) is 5.20. The normalized spacial score (nSPS) is 17.9. The lowest BCUT2D eigenvalue weighted by Gasteiger charge is -2.11. The Morgan fingerprint density at radius 1 is 1.47 bits per heavy atom. The lowest BCUT2D eigenvalue weighted by molar-refractivity contribution is 0.0903. The highest BCUT2D eigenvalue weighted by atomic mass is 19.1. The largest absolute Gasteiger partial charge is 0.492 e. The van der Waals surface area contributed by atoms with Crippen LogP contribution in [-0.2, 0) is 4.74 Å². The maximum Gasteiger partial charge on any atom is 0.137 e. The van der Waals surface area contributed by atoms with Gasteiger partial charge < -0.3 is 15.2 Å². The average Bonchev–Trinajstić information content (AvgIpc) is 2.91. The van der Waals surface area contributed by atoms with Crippen molar-refractivity contribution in [1.82, 2.24) is 0 Å². The molecule has 1 atom stereocenters. The first-order chi connectivity index (χ1) is 9.29. The van der Waals surface area contributed by atoms with Crippen LogP contribution in [0.2, 0.25) is 0 Å². The second-order valence-electron chi connectivity index (χ2n) is 4.42. The van der Waals surface area contributed by atoms with E-state index in [1.54, 1.807) is 6.07 Å². The summed E-state index contributed by atoms with van der Waals surface area (Å²) in [4.78, 5) is 0. The number of halogens is 1. The standard InChI is InChI=1S/C15H18FNO2/c16-13-6-5-12(3-1-8-17)15(11-13)19-10-7-14-4-2-9-18-14/h5-6,11,14H,2,4,7-10,17H2. The molecule has 102 valence electrons. The van der Waals surface area contributed by atoms with Gasteiger partial charge >= 0.3 is 0 Å². The van der Waals surface area contributed by atoms with Gasteiger partial charge in [0.05, 0.1) is 24.8 Å². The molecular weight excluding hydrogens is 245 g/mol. The number of hydrogen-bond acceptors (Lipinski definition) is 3. The van der Waals surface area contributed by atoms with E-state index in [0.29, 0.717) is 17.9 Å². The Morgan fingerprint density at radius 3 is 3.11 bits per heavy atom. The topological polar surface area (TPSA) is 44.5 Å². The fourth-order valence-electron chi connectivity index (χ4n) is 2.04. The van der Waals surface area contributed by atoms with Gasteiger partial charge in [0.15, 0.2) is 0 Å². The van der Waals surface area contributed by atoms with Gasteiger partial charge in [-0.15, -0.1) is 0 Å². The van der Waals surface area contributed by atoms with Gasteiger partial charge in [-0.2, -0.15) is 0 Å². The third kappa shape index (κ3) is 4.23. The molecule has 3 nitrogen and oxygen atoms in total. The molecule has 0 amide bonds. The van der Waals surface area contributed by atoms with Crippen molar-refractivity contribution in [2.45, 2.75) is 25.4 Å². The molecule has 1 aliphatic rings. The van der Waals surface area contributed by atoms with Crippen LogP contribution in [0.25, 0.3) is 0 Å². The van der Waals surface area contributed by atoms with Crippen molar-refractivity contribution in [3.05, 3.63) is 29.6 Å². The van der Waals surface area contributed by atoms with Gasteiger partial charge in [-0.25, -0.2) is 4.39 Å². The highest BCUT2D eigenvalue weighted by Crippen LogP contribution is 2.21. The summed E-state index contributed by atoms with van der Waals surface area (Å²) in [7, 11) is 0. The van der Waals surface area contributed by atoms with Gasteiger partial charge in [-0.05, 0) is 25.0 Å². The summed E-state index contributed by atoms with van der Waals surface area (Å²) in [5.74, 6) is 5.77. The summed E-state index contributed by atoms with van der Waals surface area (Å²) in [6.07, 6.45) is 3.27. The lowest BCUT2D eigenvalue weighted by Crippen LogP contribution is -2.11. The van der Waals surface area contributed by atoms with Crippen molar-refractivity contribution >= 4 is 0 Å². The first-order valence-electron chi connectivity index (χ1n) is 6.52. The molecule has 1 fully saturated rings. The molecule has 0 bridgehead atoms. The predicted octanol–water partition coefficient (Wildman–Crippen LogP) is 2.08. The van der Waals surface area contributed by atoms with Gasteiger partial charge in [0.1, 0.15) is 11.6 Å². The number of hydrogen-bond donors (Lipinski definition) is 1. The Labute approximate surface area is 112 Å². The quantitative estimate of drug-likeness (QED) is 0.846. The third-order valence-corrected chi connectivity index (χ3v) is 2.99. The third-order valence-electron chi connectivity index (χ3n) is 2.99. The van der Waals surface area contributed by atoms with E-state index in [9.17, 15) is 4.39 Å². The van der Waals surface area contributed by atoms with E-state index in [1.165, 1.54) is 12.1 Å². The van der Waals surface area contributed by atoms with Crippen molar-refractivity contribution in [3.63, 3.8) is 0 Å². The van der Waals surface area contributed by atoms with Gasteiger partial charge in [0.2, 0.25) is 0 Å². The molecule has 2 rings (SSSR count). The van der Waals surface area contributed by atoms with E-state index in [2.05, 4.69) is 11.8 Å². The fraction of sp³-hybridized carbons (Fsp3) is 0.467. The van der Waals surface area contributed by atoms with E-state index in [0.717, 1.165) is 25.9 Å². The second kappa shape index (κ2) is 7.13. The Bertz CT molecular complexity index is 473. The molecule has 0 aromatic heterocycles. The summed E-state index contributed by atoms with van der Waals surface area (Å²) in [6.45, 7) is 1.61. The van der Waals surface area contributed by atoms with Gasteiger partial charge in [0.25, 0.3) is 0 Å². The molecule has 0 aliphatic carbocycles. The number of nitrogens with two attached hydrogens (primary N) is 1. The number of rotatable bonds is 4. The Balaban J connectivity index is 1.95. The molecule has 1 aromatic carbocycles. The number of benzene rings is 1. The van der Waals surface area contributed by atoms with Gasteiger partial charge in [-0.3, -0.25) is 0 Å². The fourth-order valence-corrected chi connectivity index (χ4v) is 2.04. The zero-order chi connectivity index (χ0) is 13.5. The van der Waals surface area contributed by atoms with Crippen LogP contribution in [0.1, 0.15) is 24.8 Å². The molecule has 1 heterocycles. The van der Waals surface area contributed by atoms with Crippen molar-refractivity contribution in [2.24, 2.45) is 5.73 Å². The molecule has 2 N–H and O–H groups in total. The van der Waals surface area contributed by atoms with Gasteiger partial charge in [-0.1, -0.05) is 11.8 Å². The van der Waals surface area contributed by atoms with E-state index >= 15 is 0 Å². The molecule has 0 saturated carbocycles. The van der Waals surface area contributed by atoms with E-state index < -0.39 is 0 Å². The zero-order valence-corrected chi connectivity index (χ0v) is 10.8. The molecule has 19 heavy (non-hydrogen) atoms. The van der Waals surface area contributed by atoms with E-state index in [1.807, 2.05) is 0 Å². The summed E-state index contributed by atoms with van der Waals surface area (Å²) in [5.41, 5.74) is 6.00. The molecule has 1 unspecified atom stereocenters. The molecule has 0 spiro atoms. The summed E-state index contributed by atoms with van der Waals surface area (Å²) >= 11 is 0. The predicted molar refractivity (Wildman–Crippen MR) is 71.4 cm³/mol. The zero-order valence-electron chi connectivity index (χ0n) is 10.8. The van der Waals surface area contributed by atoms with Crippen LogP contribution < -0.4 is 10.5 Å². The molecule has 1 aromatic rings. The summed E-state index contributed by atoms with van der Waals surface area (Å²) < 4.78 is 24.3. The first-order valence-corrected chi connectivity index (χ1v) is 6.52. The minimum atomic E-state index is -0.328. The average molecular weight is 263 g/mol. The van der Waals surface area contributed by atoms with Crippen LogP contribution >= 0.6 is 0 Å². The summed E-state index contributed by atoms with van der Waals surface area (Å²) in [6, 6.07) is 4.34. The van der Waals surface area contributed by atoms with Crippen LogP contribution in [0.4, 0.5) is 4.39 Å². The maximum atomic E-state index is 13.2. The van der Waals surface area contributed by atoms with Crippen LogP contribution in [0.15, 0.2) is 18.2 Å². The van der Waals surface area contributed by atoms with Crippen molar-refractivity contribution < 1.29 is 13.9 Å². The molecule has 1 saturated heterocycles. The van der Waals surface area contributed by atoms with Crippen molar-refractivity contribution in [2.75, 3.05) is 19.8 Å². The molecule has 4 heteroatoms. The minimum absolute atomic E-state index is 0.270. The Hall–Kier alpha value is -1.57. The van der Waals surface area contributed by atoms with Crippen molar-refractivity contribution in [3.8, 4) is 17.6 Å². The monoisotopic (exact) mass is 263 g/mol. The molecular formula is C15H18FNO2. The van der Waals surface area contributed by atoms with Crippen molar-refractivity contribution in [1.29, 1.82) is 0 Å². The van der Waals surface area contributed by atoms with Crippen LogP contribution in [-0.4, -0.2) is 25.9 Å². The Morgan fingerprint density at radius 2 is 2.37 bits per heavy atom. The first kappa shape index (κ1) is 13.9. The van der Waals surface area contributed by atoms with Crippen LogP contribution in [0, 0.1) is 17.7 Å². The smallest absolute Gasteiger partial charge is 0.137 e. The molecule has 0 radical (unpaired) electrons. The maximum absolute atomic E-state index is 13.2. The van der Waals surface area contributed by atoms with E-state index in [-0.39, 0.29) is 18.5 Å². The highest BCUT2D eigenvalue weighted by Gasteiger charge is 2.15. The second-order valence-corrected chi connectivity index (χ2v) is 4.42. The lowest BCUT2D eigenvalue weighted by atomic mass is 10.2. The van der Waals surface area contributed by atoms with Crippen LogP contribution in [0.3, 0.4) is 0 Å². The number of ether oxygens (including phenoxy) is 2. The van der Waals surface area contributed by atoms with E-state index in [4.69, 9.17) is 15.2 Å².